The van der Waals surface area contributed by atoms with Crippen LogP contribution >= 0.6 is 35.0 Å². The highest BCUT2D eigenvalue weighted by Crippen LogP contribution is 2.29. The van der Waals surface area contributed by atoms with Gasteiger partial charge in [0, 0.05) is 22.7 Å². The average Bonchev–Trinajstić information content (AvgIpc) is 2.58. The van der Waals surface area contributed by atoms with Gasteiger partial charge in [-0.1, -0.05) is 35.3 Å². The van der Waals surface area contributed by atoms with Crippen LogP contribution in [-0.2, 0) is 9.59 Å². The Kier molecular flexibility index (Phi) is 7.38. The molecule has 0 atom stereocenters. The van der Waals surface area contributed by atoms with Gasteiger partial charge in [-0.25, -0.2) is 0 Å². The molecule has 0 aliphatic rings. The zero-order chi connectivity index (χ0) is 19.3. The van der Waals surface area contributed by atoms with Gasteiger partial charge >= 0.3 is 0 Å². The molecule has 0 saturated heterocycles. The normalized spacial score (nSPS) is 10.5. The van der Waals surface area contributed by atoms with Crippen LogP contribution in [-0.4, -0.2) is 36.1 Å². The van der Waals surface area contributed by atoms with Crippen LogP contribution in [0, 0.1) is 13.8 Å². The number of amides is 2. The Labute approximate surface area is 167 Å². The fourth-order valence-corrected chi connectivity index (χ4v) is 3.63. The number of halogens is 2. The number of nitrogens with one attached hydrogen (secondary N) is 1. The van der Waals surface area contributed by atoms with E-state index in [2.05, 4.69) is 5.32 Å². The number of carbonyl (C=O) groups excluding carboxylic acids is 2. The predicted molar refractivity (Wildman–Crippen MR) is 109 cm³/mol. The molecule has 7 heteroatoms. The van der Waals surface area contributed by atoms with Crippen LogP contribution in [0.5, 0.6) is 0 Å². The highest BCUT2D eigenvalue weighted by Gasteiger charge is 2.15. The molecule has 0 spiro atoms. The molecule has 0 aromatic heterocycles. The molecule has 2 aromatic rings. The Morgan fingerprint density at radius 1 is 1.12 bits per heavy atom. The summed E-state index contributed by atoms with van der Waals surface area (Å²) in [6.45, 7) is 3.87. The lowest BCUT2D eigenvalue weighted by Crippen LogP contribution is -2.36. The van der Waals surface area contributed by atoms with E-state index in [4.69, 9.17) is 23.2 Å². The van der Waals surface area contributed by atoms with Crippen molar-refractivity contribution in [2.24, 2.45) is 0 Å². The monoisotopic (exact) mass is 410 g/mol. The van der Waals surface area contributed by atoms with Gasteiger partial charge in [-0.2, -0.15) is 0 Å². The molecule has 0 saturated carbocycles. The molecule has 26 heavy (non-hydrogen) atoms. The summed E-state index contributed by atoms with van der Waals surface area (Å²) in [5, 5.41) is 3.95. The Morgan fingerprint density at radius 3 is 2.58 bits per heavy atom. The first-order valence-corrected chi connectivity index (χ1v) is 9.69. The number of anilines is 1. The number of nitrogens with zero attached hydrogens (tertiary/aromatic N) is 1. The van der Waals surface area contributed by atoms with Crippen LogP contribution < -0.4 is 5.32 Å². The summed E-state index contributed by atoms with van der Waals surface area (Å²) in [6, 6.07) is 10.9. The van der Waals surface area contributed by atoms with Crippen molar-refractivity contribution in [2.75, 3.05) is 24.7 Å². The molecule has 2 amide bonds. The Morgan fingerprint density at radius 2 is 1.85 bits per heavy atom. The molecule has 0 fully saturated rings. The second-order valence-corrected chi connectivity index (χ2v) is 7.84. The van der Waals surface area contributed by atoms with Crippen molar-refractivity contribution in [1.29, 1.82) is 0 Å². The lowest BCUT2D eigenvalue weighted by atomic mass is 10.1. The summed E-state index contributed by atoms with van der Waals surface area (Å²) < 4.78 is 0. The number of aryl methyl sites for hydroxylation is 2. The first kappa shape index (κ1) is 20.6. The molecule has 0 aliphatic carbocycles. The Balaban J connectivity index is 1.89. The minimum Gasteiger partial charge on any atom is -0.336 e. The molecule has 0 aliphatic heterocycles. The van der Waals surface area contributed by atoms with Crippen LogP contribution in [0.15, 0.2) is 41.3 Å². The summed E-state index contributed by atoms with van der Waals surface area (Å²) in [5.41, 5.74) is 2.80. The molecule has 138 valence electrons. The minimum atomic E-state index is -0.236. The van der Waals surface area contributed by atoms with Crippen LogP contribution in [0.2, 0.25) is 10.0 Å². The number of rotatable bonds is 6. The van der Waals surface area contributed by atoms with E-state index >= 15 is 0 Å². The van der Waals surface area contributed by atoms with Crippen LogP contribution in [0.4, 0.5) is 5.69 Å². The number of carbonyl (C=O) groups is 2. The standard InChI is InChI=1S/C19H20Cl2N2O2S/c1-12-4-5-13(2)16(8-12)22-18(24)10-23(3)19(25)11-26-17-9-14(20)6-7-15(17)21/h4-9H,10-11H2,1-3H3,(H,22,24). The van der Waals surface area contributed by atoms with Crippen molar-refractivity contribution in [3.63, 3.8) is 0 Å². The maximum absolute atomic E-state index is 12.3. The number of benzene rings is 2. The molecular weight excluding hydrogens is 391 g/mol. The second-order valence-electron chi connectivity index (χ2n) is 5.98. The molecule has 2 aromatic carbocycles. The third-order valence-electron chi connectivity index (χ3n) is 3.72. The van der Waals surface area contributed by atoms with Crippen molar-refractivity contribution in [1.82, 2.24) is 4.90 Å². The third kappa shape index (κ3) is 5.94. The molecular formula is C19H20Cl2N2O2S. The lowest BCUT2D eigenvalue weighted by Gasteiger charge is -2.17. The molecule has 0 heterocycles. The number of likely N-dealkylation sites (N-methyl/N-ethyl adjacent to an activating group) is 1. The Bertz CT molecular complexity index is 827. The summed E-state index contributed by atoms with van der Waals surface area (Å²) >= 11 is 13.3. The van der Waals surface area contributed by atoms with E-state index in [1.54, 1.807) is 25.2 Å². The number of thioether (sulfide) groups is 1. The van der Waals surface area contributed by atoms with Gasteiger partial charge < -0.3 is 10.2 Å². The van der Waals surface area contributed by atoms with Gasteiger partial charge in [0.2, 0.25) is 11.8 Å². The van der Waals surface area contributed by atoms with Gasteiger partial charge in [0.15, 0.2) is 0 Å². The van der Waals surface area contributed by atoms with Gasteiger partial charge in [-0.3, -0.25) is 9.59 Å². The zero-order valence-electron chi connectivity index (χ0n) is 14.8. The van der Waals surface area contributed by atoms with Gasteiger partial charge in [0.25, 0.3) is 0 Å². The summed E-state index contributed by atoms with van der Waals surface area (Å²) in [4.78, 5) is 26.6. The summed E-state index contributed by atoms with van der Waals surface area (Å²) in [5.74, 6) is -0.227. The highest BCUT2D eigenvalue weighted by molar-refractivity contribution is 8.00. The smallest absolute Gasteiger partial charge is 0.243 e. The largest absolute Gasteiger partial charge is 0.336 e. The van der Waals surface area contributed by atoms with Crippen molar-refractivity contribution in [2.45, 2.75) is 18.7 Å². The Hall–Kier alpha value is -1.69. The van der Waals surface area contributed by atoms with Gasteiger partial charge in [0.05, 0.1) is 17.3 Å². The van der Waals surface area contributed by atoms with E-state index in [-0.39, 0.29) is 24.1 Å². The van der Waals surface area contributed by atoms with E-state index < -0.39 is 0 Å². The van der Waals surface area contributed by atoms with Crippen molar-refractivity contribution < 1.29 is 9.59 Å². The van der Waals surface area contributed by atoms with E-state index in [1.807, 2.05) is 32.0 Å². The van der Waals surface area contributed by atoms with E-state index in [1.165, 1.54) is 16.7 Å². The molecule has 1 N–H and O–H groups in total. The highest BCUT2D eigenvalue weighted by atomic mass is 35.5. The van der Waals surface area contributed by atoms with Crippen LogP contribution in [0.3, 0.4) is 0 Å². The maximum Gasteiger partial charge on any atom is 0.243 e. The topological polar surface area (TPSA) is 49.4 Å². The van der Waals surface area contributed by atoms with E-state index in [0.29, 0.717) is 10.0 Å². The number of hydrogen-bond donors (Lipinski definition) is 1. The fraction of sp³-hybridized carbons (Fsp3) is 0.263. The molecule has 0 unspecified atom stereocenters. The van der Waals surface area contributed by atoms with Gasteiger partial charge in [-0.05, 0) is 49.2 Å². The quantitative estimate of drug-likeness (QED) is 0.695. The first-order valence-electron chi connectivity index (χ1n) is 7.95. The average molecular weight is 411 g/mol. The maximum atomic E-state index is 12.3. The summed E-state index contributed by atoms with van der Waals surface area (Å²) in [7, 11) is 1.60. The molecule has 4 nitrogen and oxygen atoms in total. The van der Waals surface area contributed by atoms with Crippen molar-refractivity contribution in [3.05, 3.63) is 57.6 Å². The number of hydrogen-bond acceptors (Lipinski definition) is 3. The van der Waals surface area contributed by atoms with Crippen molar-refractivity contribution in [3.8, 4) is 0 Å². The van der Waals surface area contributed by atoms with Gasteiger partial charge in [-0.15, -0.1) is 11.8 Å². The second kappa shape index (κ2) is 9.31. The first-order chi connectivity index (χ1) is 12.3. The van der Waals surface area contributed by atoms with Gasteiger partial charge in [0.1, 0.15) is 0 Å². The predicted octanol–water partition coefficient (Wildman–Crippen LogP) is 4.80. The minimum absolute atomic E-state index is 0.0178. The van der Waals surface area contributed by atoms with Crippen LogP contribution in [0.1, 0.15) is 11.1 Å². The van der Waals surface area contributed by atoms with Crippen molar-refractivity contribution >= 4 is 52.5 Å². The zero-order valence-corrected chi connectivity index (χ0v) is 17.1. The summed E-state index contributed by atoms with van der Waals surface area (Å²) in [6.07, 6.45) is 0. The third-order valence-corrected chi connectivity index (χ3v) is 5.43. The van der Waals surface area contributed by atoms with Crippen LogP contribution in [0.25, 0.3) is 0 Å². The molecule has 0 bridgehead atoms. The SMILES string of the molecule is Cc1ccc(C)c(NC(=O)CN(C)C(=O)CSc2cc(Cl)ccc2Cl)c1. The lowest BCUT2D eigenvalue weighted by molar-refractivity contribution is -0.131. The van der Waals surface area contributed by atoms with E-state index in [0.717, 1.165) is 21.7 Å². The fourth-order valence-electron chi connectivity index (χ4n) is 2.20. The molecule has 2 rings (SSSR count). The van der Waals surface area contributed by atoms with E-state index in [9.17, 15) is 9.59 Å². The molecule has 0 radical (unpaired) electrons.